The number of nitrogens with zero attached hydrogens (tertiary/aromatic N) is 9. The highest BCUT2D eigenvalue weighted by atomic mass is 16.2. The van der Waals surface area contributed by atoms with Crippen molar-refractivity contribution in [1.29, 1.82) is 0 Å². The Bertz CT molecular complexity index is 4650. The molecule has 6 aromatic rings. The van der Waals surface area contributed by atoms with Gasteiger partial charge in [0.25, 0.3) is 0 Å². The first-order chi connectivity index (χ1) is 56.0. The number of benzene rings is 3. The SMILES string of the molecule is CCC(=O)[C@@H]1C[C@]23CCCCCCCCCc4cc(CC(C)C)cc5c(C(C)=O)nn(c45)CC(=O)N1[C@@H]2C3.CCC(=O)[C@@H]1C[C@]23CCCCCCCCCc4cc(NC)cc5c(C(C)=O)nn(c45)CC(=O)N1[C@@H]2C3.CCC(=O)[C@@H]1C[C@]23CCCCCCCCCc4cc(NCC5CCCCC5)cc5c(C(C)=O)nn(c45)CC(=O)N1[C@@H]2C3. The number of piperidine rings is 3. The summed E-state index contributed by atoms with van der Waals surface area (Å²) in [5, 5.41) is 23.7. The van der Waals surface area contributed by atoms with E-state index in [1.54, 1.807) is 27.9 Å². The predicted octanol–water partition coefficient (Wildman–Crippen LogP) is 19.0. The van der Waals surface area contributed by atoms with Crippen LogP contribution in [-0.2, 0) is 74.1 Å². The number of anilines is 2. The van der Waals surface area contributed by atoms with Gasteiger partial charge in [0.1, 0.15) is 36.7 Å². The maximum Gasteiger partial charge on any atom is 0.245 e. The first kappa shape index (κ1) is 84.6. The van der Waals surface area contributed by atoms with E-state index in [1.165, 1.54) is 171 Å². The first-order valence-corrected chi connectivity index (χ1v) is 46.1. The van der Waals surface area contributed by atoms with Crippen LogP contribution in [0.15, 0.2) is 36.4 Å². The molecule has 3 aromatic carbocycles. The molecule has 3 amide bonds. The van der Waals surface area contributed by atoms with Gasteiger partial charge in [0.15, 0.2) is 34.7 Å². The van der Waals surface area contributed by atoms with Gasteiger partial charge in [-0.15, -0.1) is 0 Å². The fourth-order valence-corrected chi connectivity index (χ4v) is 22.7. The van der Waals surface area contributed by atoms with Gasteiger partial charge in [-0.05, 0) is 196 Å². The van der Waals surface area contributed by atoms with Gasteiger partial charge >= 0.3 is 0 Å². The Morgan fingerprint density at radius 3 is 1.08 bits per heavy atom. The van der Waals surface area contributed by atoms with Crippen LogP contribution in [0.5, 0.6) is 0 Å². The summed E-state index contributed by atoms with van der Waals surface area (Å²) in [5.74, 6) is 1.37. The Kier molecular flexibility index (Phi) is 26.8. The molecule has 20 nitrogen and oxygen atoms in total. The monoisotopic (exact) mass is 1590 g/mol. The van der Waals surface area contributed by atoms with Gasteiger partial charge in [0.2, 0.25) is 17.7 Å². The molecule has 9 heterocycles. The third kappa shape index (κ3) is 18.2. The number of ketones is 6. The number of hydrogen-bond donors (Lipinski definition) is 2. The number of aryl methyl sites for hydroxylation is 3. The van der Waals surface area contributed by atoms with E-state index in [0.717, 1.165) is 159 Å². The van der Waals surface area contributed by atoms with Crippen LogP contribution in [0.1, 0.15) is 353 Å². The predicted molar refractivity (Wildman–Crippen MR) is 458 cm³/mol. The average Bonchev–Trinajstić information content (AvgIpc) is 1.55. The van der Waals surface area contributed by atoms with Crippen LogP contribution >= 0.6 is 0 Å². The molecule has 0 spiro atoms. The summed E-state index contributed by atoms with van der Waals surface area (Å²) in [6.07, 6.45) is 45.8. The Labute approximate surface area is 689 Å². The molecule has 20 heteroatoms. The second-order valence-electron chi connectivity index (χ2n) is 37.8. The molecule has 0 radical (unpaired) electrons. The molecule has 7 fully saturated rings. The molecule has 3 aromatic heterocycles. The Hall–Kier alpha value is -7.90. The van der Waals surface area contributed by atoms with Gasteiger partial charge in [-0.2, -0.15) is 15.3 Å². The van der Waals surface area contributed by atoms with E-state index in [9.17, 15) is 43.2 Å². The van der Waals surface area contributed by atoms with Crippen molar-refractivity contribution < 1.29 is 43.2 Å². The van der Waals surface area contributed by atoms with Gasteiger partial charge in [-0.1, -0.05) is 176 Å². The van der Waals surface area contributed by atoms with Crippen molar-refractivity contribution in [2.24, 2.45) is 28.1 Å². The van der Waals surface area contributed by atoms with Crippen molar-refractivity contribution >= 4 is 96.5 Å². The second-order valence-corrected chi connectivity index (χ2v) is 37.8. The molecule has 116 heavy (non-hydrogen) atoms. The number of rotatable bonds is 15. The molecule has 6 aliphatic heterocycles. The van der Waals surface area contributed by atoms with Crippen LogP contribution in [0, 0.1) is 28.1 Å². The molecule has 0 unspecified atom stereocenters. The van der Waals surface area contributed by atoms with Gasteiger partial charge in [-0.25, -0.2) is 0 Å². The Morgan fingerprint density at radius 1 is 0.414 bits per heavy atom. The summed E-state index contributed by atoms with van der Waals surface area (Å²) >= 11 is 0. The van der Waals surface area contributed by atoms with Gasteiger partial charge in [0, 0.05) is 99.3 Å². The maximum absolute atomic E-state index is 14.1. The first-order valence-electron chi connectivity index (χ1n) is 46.1. The van der Waals surface area contributed by atoms with Crippen molar-refractivity contribution in [3.8, 4) is 0 Å². The lowest BCUT2D eigenvalue weighted by Crippen LogP contribution is -2.44. The summed E-state index contributed by atoms with van der Waals surface area (Å²) in [6, 6.07) is 12.4. The zero-order valence-corrected chi connectivity index (χ0v) is 71.8. The standard InChI is InChI=1S/C35H50N4O3.C32H45N3O3.C29H40N4O3/c1-3-30(41)29-20-35-17-13-8-6-4-5-7-12-16-26-18-27(36-22-25-14-10-9-11-15-25)19-28-33(24(2)40)37-38(34(26)28)23-32(42)39(29)31(35)21-35;1-5-27(37)26-18-32-14-12-10-8-6-7-9-11-13-24-16-23(15-21(2)3)17-25-30(22(4)36)33-34(31(24)25)20-29(38)35(26)28(32)19-32;1-4-24(35)23-16-29-13-11-9-7-5-6-8-10-12-20-14-21(30-3)15-22-27(19(2)34)31-32(28(20)22)18-26(36)33(23)25(29)17-29/h18-19,25,29,31,36H,3-17,20-23H2,1-2H3;16-17,21,26,28H,5-15,18-20H2,1-4H3;14-15,23,25,30H,4-13,16-18H2,1-3H3/t29-,31+,35-;26-,28+,32-;23-,25+,29-/m000/s1. The van der Waals surface area contributed by atoms with E-state index in [1.807, 2.05) is 48.6 Å². The number of nitrogens with one attached hydrogen (secondary N) is 2. The molecule has 3 saturated heterocycles. The van der Waals surface area contributed by atoms with E-state index in [4.69, 9.17) is 10.2 Å². The molecule has 9 atom stereocenters. The van der Waals surface area contributed by atoms with Gasteiger partial charge in [0.05, 0.1) is 34.7 Å². The Morgan fingerprint density at radius 2 is 0.733 bits per heavy atom. The lowest BCUT2D eigenvalue weighted by molar-refractivity contribution is -0.139. The van der Waals surface area contributed by atoms with E-state index in [2.05, 4.69) is 59.9 Å². The van der Waals surface area contributed by atoms with Crippen molar-refractivity contribution in [3.05, 3.63) is 75.7 Å². The van der Waals surface area contributed by atoms with Gasteiger partial charge < -0.3 is 25.3 Å². The molecule has 628 valence electrons. The number of carbonyl (C=O) groups excluding carboxylic acids is 9. The zero-order chi connectivity index (χ0) is 81.7. The van der Waals surface area contributed by atoms with E-state index in [-0.39, 0.29) is 125 Å². The maximum atomic E-state index is 14.1. The van der Waals surface area contributed by atoms with Crippen molar-refractivity contribution in [2.45, 2.75) is 381 Å². The molecular weight excluding hydrogens is 1450 g/mol. The van der Waals surface area contributed by atoms with Crippen LogP contribution in [0.25, 0.3) is 32.7 Å². The lowest BCUT2D eigenvalue weighted by atomic mass is 9.89. The normalized spacial score (nSPS) is 27.0. The van der Waals surface area contributed by atoms with Crippen LogP contribution in [0.4, 0.5) is 11.4 Å². The highest BCUT2D eigenvalue weighted by Gasteiger charge is 2.68. The third-order valence-corrected chi connectivity index (χ3v) is 29.1. The highest BCUT2D eigenvalue weighted by Crippen LogP contribution is 2.65. The molecule has 4 aliphatic carbocycles. The number of hydrogen-bond acceptors (Lipinski definition) is 14. The summed E-state index contributed by atoms with van der Waals surface area (Å²) in [7, 11) is 1.88. The van der Waals surface area contributed by atoms with Crippen molar-refractivity contribution in [2.75, 3.05) is 24.2 Å². The quantitative estimate of drug-likeness (QED) is 0.0909. The largest absolute Gasteiger partial charge is 0.388 e. The summed E-state index contributed by atoms with van der Waals surface area (Å²) in [6.45, 7) is 16.0. The number of carbonyl (C=O) groups is 9. The van der Waals surface area contributed by atoms with E-state index >= 15 is 0 Å². The minimum Gasteiger partial charge on any atom is -0.388 e. The van der Waals surface area contributed by atoms with Gasteiger partial charge in [-0.3, -0.25) is 57.2 Å². The van der Waals surface area contributed by atoms with Crippen LogP contribution in [0.3, 0.4) is 0 Å². The third-order valence-electron chi connectivity index (χ3n) is 29.1. The Balaban J connectivity index is 0.000000144. The lowest BCUT2D eigenvalue weighted by Gasteiger charge is -2.26. The molecule has 10 aliphatic rings. The number of aromatic nitrogens is 6. The average molecular weight is 1590 g/mol. The topological polar surface area (TPSA) is 241 Å². The van der Waals surface area contributed by atoms with Crippen LogP contribution in [0.2, 0.25) is 0 Å². The fourth-order valence-electron chi connectivity index (χ4n) is 22.7. The highest BCUT2D eigenvalue weighted by molar-refractivity contribution is 6.09. The van der Waals surface area contributed by atoms with E-state index in [0.29, 0.717) is 48.2 Å². The van der Waals surface area contributed by atoms with Crippen molar-refractivity contribution in [1.82, 2.24) is 44.0 Å². The molecule has 6 bridgehead atoms. The van der Waals surface area contributed by atoms with Crippen molar-refractivity contribution in [3.63, 3.8) is 0 Å². The second kappa shape index (κ2) is 36.8. The summed E-state index contributed by atoms with van der Waals surface area (Å²) < 4.78 is 5.33. The minimum absolute atomic E-state index is 0.0257. The van der Waals surface area contributed by atoms with E-state index < -0.39 is 0 Å². The molecule has 4 saturated carbocycles. The number of Topliss-reactive ketones (excluding diaryl/α,β-unsaturated/α-hetero) is 6. The summed E-state index contributed by atoms with van der Waals surface area (Å²) in [4.78, 5) is 125. The fraction of sp³-hybridized carbons (Fsp3) is 0.688. The smallest absolute Gasteiger partial charge is 0.245 e. The summed E-state index contributed by atoms with van der Waals surface area (Å²) in [5.41, 5.74) is 11.1. The van der Waals surface area contributed by atoms with Crippen LogP contribution < -0.4 is 10.6 Å². The van der Waals surface area contributed by atoms with Crippen LogP contribution in [-0.4, -0.2) is 146 Å². The zero-order valence-electron chi connectivity index (χ0n) is 71.8. The molecule has 2 N–H and O–H groups in total. The minimum atomic E-state index is -0.315. The molecular formula is C96H135N11O9. The number of amides is 3. The molecule has 16 rings (SSSR count).